The standard InChI is InChI=1S/C36H53NO6/c1-23(10-13-31(39)37-22-32(40)41)27-11-12-28-33-29(15-16-35(27,28)4)34(3)18-19-36(42,17-14-25-8-6-5-7-9-25)21-26(34)20-30(33)43-24(2)38/h5-9,23,26-30,33,42H,10-22H2,1-4H3,(H,37,39)(H,40,41)/t23-,26-,27-,28+,29+,30-,33+,34+,35-,36-/m1/s1. The molecule has 5 rings (SSSR count). The quantitative estimate of drug-likeness (QED) is 0.279. The molecule has 43 heavy (non-hydrogen) atoms. The number of fused-ring (bicyclic) bond motifs is 5. The van der Waals surface area contributed by atoms with E-state index in [1.807, 2.05) is 6.07 Å². The molecule has 4 saturated carbocycles. The Labute approximate surface area is 257 Å². The van der Waals surface area contributed by atoms with Crippen molar-refractivity contribution in [3.63, 3.8) is 0 Å². The minimum Gasteiger partial charge on any atom is -0.480 e. The van der Waals surface area contributed by atoms with Gasteiger partial charge in [-0.15, -0.1) is 0 Å². The minimum atomic E-state index is -1.02. The highest BCUT2D eigenvalue weighted by Gasteiger charge is 2.64. The molecule has 0 aromatic heterocycles. The number of aryl methyl sites for hydroxylation is 1. The van der Waals surface area contributed by atoms with Crippen LogP contribution >= 0.6 is 0 Å². The van der Waals surface area contributed by atoms with Crippen molar-refractivity contribution in [1.29, 1.82) is 0 Å². The number of hydrogen-bond acceptors (Lipinski definition) is 5. The summed E-state index contributed by atoms with van der Waals surface area (Å²) in [5, 5.41) is 23.2. The summed E-state index contributed by atoms with van der Waals surface area (Å²) in [6, 6.07) is 10.4. The zero-order chi connectivity index (χ0) is 31.0. The molecule has 0 bridgehead atoms. The number of aliphatic hydroxyl groups is 1. The average Bonchev–Trinajstić information content (AvgIpc) is 3.32. The number of aliphatic carboxylic acids is 1. The Hall–Kier alpha value is -2.41. The van der Waals surface area contributed by atoms with E-state index in [-0.39, 0.29) is 35.4 Å². The lowest BCUT2D eigenvalue weighted by Crippen LogP contribution is -2.60. The first-order chi connectivity index (χ1) is 20.3. The van der Waals surface area contributed by atoms with Gasteiger partial charge in [0.05, 0.1) is 5.60 Å². The molecule has 4 fully saturated rings. The molecule has 0 spiro atoms. The Bertz CT molecular complexity index is 1170. The number of ether oxygens (including phenoxy) is 1. The van der Waals surface area contributed by atoms with Crippen LogP contribution < -0.4 is 5.32 Å². The third kappa shape index (κ3) is 6.53. The van der Waals surface area contributed by atoms with E-state index in [9.17, 15) is 19.5 Å². The maximum Gasteiger partial charge on any atom is 0.322 e. The smallest absolute Gasteiger partial charge is 0.322 e. The fraction of sp³-hybridized carbons (Fsp3) is 0.750. The molecule has 4 aliphatic carbocycles. The molecule has 7 nitrogen and oxygen atoms in total. The topological polar surface area (TPSA) is 113 Å². The van der Waals surface area contributed by atoms with Gasteiger partial charge in [0.1, 0.15) is 12.6 Å². The molecule has 4 aliphatic rings. The van der Waals surface area contributed by atoms with Crippen LogP contribution in [0.25, 0.3) is 0 Å². The van der Waals surface area contributed by atoms with Crippen molar-refractivity contribution in [1.82, 2.24) is 5.32 Å². The molecule has 0 saturated heterocycles. The summed E-state index contributed by atoms with van der Waals surface area (Å²) in [6.07, 6.45) is 10.6. The molecule has 3 N–H and O–H groups in total. The molecule has 10 atom stereocenters. The number of amides is 1. The van der Waals surface area contributed by atoms with Gasteiger partial charge in [-0.05, 0) is 117 Å². The lowest BCUT2D eigenvalue weighted by atomic mass is 9.42. The molecule has 0 aliphatic heterocycles. The van der Waals surface area contributed by atoms with Crippen molar-refractivity contribution in [2.24, 2.45) is 46.3 Å². The molecule has 0 unspecified atom stereocenters. The van der Waals surface area contributed by atoms with Gasteiger partial charge >= 0.3 is 11.9 Å². The van der Waals surface area contributed by atoms with Crippen molar-refractivity contribution in [2.45, 2.75) is 116 Å². The van der Waals surface area contributed by atoms with E-state index < -0.39 is 11.6 Å². The summed E-state index contributed by atoms with van der Waals surface area (Å²) in [5.41, 5.74) is 0.850. The number of carboxylic acid groups (broad SMARTS) is 1. The highest BCUT2D eigenvalue weighted by Crippen LogP contribution is 2.69. The van der Waals surface area contributed by atoms with E-state index in [1.165, 1.54) is 12.5 Å². The normalized spacial score (nSPS) is 39.1. The Balaban J connectivity index is 1.30. The SMILES string of the molecule is CC(=O)O[C@@H]1C[C@@H]2C[C@@](O)(CCc3ccccc3)CC[C@]2(C)[C@H]2CC[C@]3(C)[C@@H]([C@H](C)CCC(=O)NCC(=O)O)CC[C@H]3[C@H]12. The Morgan fingerprint density at radius 1 is 1.02 bits per heavy atom. The second-order valence-electron chi connectivity index (χ2n) is 15.2. The monoisotopic (exact) mass is 595 g/mol. The number of hydrogen-bond donors (Lipinski definition) is 3. The maximum atomic E-state index is 12.5. The van der Waals surface area contributed by atoms with Gasteiger partial charge in [-0.25, -0.2) is 0 Å². The van der Waals surface area contributed by atoms with Crippen LogP contribution in [0.2, 0.25) is 0 Å². The zero-order valence-corrected chi connectivity index (χ0v) is 26.6. The molecular weight excluding hydrogens is 542 g/mol. The number of carbonyl (C=O) groups is 3. The molecule has 1 amide bonds. The lowest BCUT2D eigenvalue weighted by Gasteiger charge is -2.63. The van der Waals surface area contributed by atoms with Crippen molar-refractivity contribution in [3.05, 3.63) is 35.9 Å². The highest BCUT2D eigenvalue weighted by atomic mass is 16.5. The predicted octanol–water partition coefficient (Wildman–Crippen LogP) is 6.17. The van der Waals surface area contributed by atoms with Gasteiger partial charge in [0, 0.05) is 19.3 Å². The van der Waals surface area contributed by atoms with Crippen molar-refractivity contribution < 1.29 is 29.3 Å². The van der Waals surface area contributed by atoms with Gasteiger partial charge in [0.2, 0.25) is 5.91 Å². The van der Waals surface area contributed by atoms with E-state index in [4.69, 9.17) is 9.84 Å². The Kier molecular flexibility index (Phi) is 9.33. The summed E-state index contributed by atoms with van der Waals surface area (Å²) in [7, 11) is 0. The number of carbonyl (C=O) groups excluding carboxylic acids is 2. The summed E-state index contributed by atoms with van der Waals surface area (Å²) < 4.78 is 6.20. The molecule has 0 heterocycles. The van der Waals surface area contributed by atoms with Crippen LogP contribution in [-0.4, -0.2) is 46.3 Å². The van der Waals surface area contributed by atoms with Gasteiger partial charge in [0.15, 0.2) is 0 Å². The van der Waals surface area contributed by atoms with Gasteiger partial charge in [-0.2, -0.15) is 0 Å². The number of esters is 1. The third-order valence-electron chi connectivity index (χ3n) is 12.9. The van der Waals surface area contributed by atoms with E-state index in [0.717, 1.165) is 70.6 Å². The maximum absolute atomic E-state index is 12.5. The van der Waals surface area contributed by atoms with E-state index in [1.54, 1.807) is 0 Å². The van der Waals surface area contributed by atoms with E-state index >= 15 is 0 Å². The second-order valence-corrected chi connectivity index (χ2v) is 15.2. The zero-order valence-electron chi connectivity index (χ0n) is 26.6. The van der Waals surface area contributed by atoms with Gasteiger partial charge in [-0.1, -0.05) is 51.1 Å². The molecule has 1 aromatic carbocycles. The van der Waals surface area contributed by atoms with Crippen LogP contribution in [0.5, 0.6) is 0 Å². The Morgan fingerprint density at radius 3 is 2.44 bits per heavy atom. The highest BCUT2D eigenvalue weighted by molar-refractivity contribution is 5.81. The molecule has 0 radical (unpaired) electrons. The predicted molar refractivity (Wildman–Crippen MR) is 165 cm³/mol. The summed E-state index contributed by atoms with van der Waals surface area (Å²) in [4.78, 5) is 35.5. The van der Waals surface area contributed by atoms with Crippen LogP contribution in [0.3, 0.4) is 0 Å². The average molecular weight is 596 g/mol. The summed E-state index contributed by atoms with van der Waals surface area (Å²) in [6.45, 7) is 8.39. The van der Waals surface area contributed by atoms with Crippen LogP contribution in [0, 0.1) is 46.3 Å². The second kappa shape index (κ2) is 12.5. The molecule has 238 valence electrons. The number of benzene rings is 1. The van der Waals surface area contributed by atoms with Crippen molar-refractivity contribution in [2.75, 3.05) is 6.54 Å². The molecule has 1 aromatic rings. The first-order valence-corrected chi connectivity index (χ1v) is 16.8. The first-order valence-electron chi connectivity index (χ1n) is 16.8. The number of rotatable bonds is 10. The summed E-state index contributed by atoms with van der Waals surface area (Å²) in [5.74, 6) is 1.03. The fourth-order valence-electron chi connectivity index (χ4n) is 10.6. The number of carboxylic acids is 1. The first kappa shape index (κ1) is 32.0. The minimum absolute atomic E-state index is 0.113. The fourth-order valence-corrected chi connectivity index (χ4v) is 10.6. The molecular formula is C36H53NO6. The van der Waals surface area contributed by atoms with Crippen LogP contribution in [-0.2, 0) is 25.5 Å². The summed E-state index contributed by atoms with van der Waals surface area (Å²) >= 11 is 0. The van der Waals surface area contributed by atoms with Crippen molar-refractivity contribution >= 4 is 17.8 Å². The largest absolute Gasteiger partial charge is 0.480 e. The van der Waals surface area contributed by atoms with Gasteiger partial charge < -0.3 is 20.3 Å². The van der Waals surface area contributed by atoms with Crippen LogP contribution in [0.4, 0.5) is 0 Å². The Morgan fingerprint density at radius 2 is 1.74 bits per heavy atom. The van der Waals surface area contributed by atoms with Crippen molar-refractivity contribution in [3.8, 4) is 0 Å². The number of nitrogens with one attached hydrogen (secondary N) is 1. The van der Waals surface area contributed by atoms with Crippen LogP contribution in [0.1, 0.15) is 104 Å². The van der Waals surface area contributed by atoms with Crippen LogP contribution in [0.15, 0.2) is 30.3 Å². The van der Waals surface area contributed by atoms with E-state index in [0.29, 0.717) is 41.9 Å². The lowest BCUT2D eigenvalue weighted by molar-refractivity contribution is -0.203. The van der Waals surface area contributed by atoms with Gasteiger partial charge in [0.25, 0.3) is 0 Å². The molecule has 7 heteroatoms. The van der Waals surface area contributed by atoms with Gasteiger partial charge in [-0.3, -0.25) is 14.4 Å². The van der Waals surface area contributed by atoms with E-state index in [2.05, 4.69) is 50.4 Å². The third-order valence-corrected chi connectivity index (χ3v) is 12.9.